The van der Waals surface area contributed by atoms with Crippen LogP contribution in [0.25, 0.3) is 0 Å². The Balaban J connectivity index is 2.52. The van der Waals surface area contributed by atoms with Crippen LogP contribution in [0.1, 0.15) is 17.5 Å². The molecule has 0 aliphatic carbocycles. The van der Waals surface area contributed by atoms with E-state index >= 15 is 0 Å². The summed E-state index contributed by atoms with van der Waals surface area (Å²) >= 11 is 1.36. The van der Waals surface area contributed by atoms with Crippen LogP contribution in [0, 0.1) is 5.41 Å². The fourth-order valence-corrected chi connectivity index (χ4v) is 3.84. The number of sulfone groups is 1. The number of nitrogens with one attached hydrogen (secondary N) is 1. The largest absolute Gasteiger partial charge is 0.293 e. The van der Waals surface area contributed by atoms with Crippen LogP contribution in [-0.2, 0) is 16.3 Å². The number of hydrogen-bond donors (Lipinski definition) is 1. The fourth-order valence-electron chi connectivity index (χ4n) is 1.90. The SMILES string of the molecule is CSC(=N)c1ccc2c(c1)CCCS2(=O)=O. The number of rotatable bonds is 1. The first-order valence-corrected chi connectivity index (χ1v) is 7.91. The van der Waals surface area contributed by atoms with Gasteiger partial charge in [0.1, 0.15) is 0 Å². The molecule has 1 aliphatic rings. The van der Waals surface area contributed by atoms with E-state index in [4.69, 9.17) is 5.41 Å². The number of aryl methyl sites for hydroxylation is 1. The van der Waals surface area contributed by atoms with Gasteiger partial charge in [0.05, 0.1) is 15.7 Å². The minimum atomic E-state index is -3.07. The van der Waals surface area contributed by atoms with Crippen molar-refractivity contribution in [3.63, 3.8) is 0 Å². The van der Waals surface area contributed by atoms with Gasteiger partial charge in [-0.1, -0.05) is 6.07 Å². The smallest absolute Gasteiger partial charge is 0.178 e. The van der Waals surface area contributed by atoms with Crippen molar-refractivity contribution < 1.29 is 8.42 Å². The third-order valence-electron chi connectivity index (χ3n) is 2.72. The van der Waals surface area contributed by atoms with Crippen molar-refractivity contribution in [3.8, 4) is 0 Å². The first-order chi connectivity index (χ1) is 7.54. The van der Waals surface area contributed by atoms with Crippen molar-refractivity contribution >= 4 is 26.6 Å². The molecule has 1 heterocycles. The lowest BCUT2D eigenvalue weighted by Crippen LogP contribution is -2.16. The third-order valence-corrected chi connectivity index (χ3v) is 5.26. The molecule has 1 N–H and O–H groups in total. The van der Waals surface area contributed by atoms with Crippen LogP contribution in [0.15, 0.2) is 23.1 Å². The number of fused-ring (bicyclic) bond motifs is 1. The zero-order chi connectivity index (χ0) is 11.8. The monoisotopic (exact) mass is 255 g/mol. The molecule has 0 fully saturated rings. The highest BCUT2D eigenvalue weighted by Crippen LogP contribution is 2.26. The number of thioether (sulfide) groups is 1. The Labute approximate surface area is 99.7 Å². The van der Waals surface area contributed by atoms with E-state index in [1.165, 1.54) is 11.8 Å². The van der Waals surface area contributed by atoms with Gasteiger partial charge in [-0.2, -0.15) is 0 Å². The Bertz CT molecular complexity index is 535. The highest BCUT2D eigenvalue weighted by Gasteiger charge is 2.23. The van der Waals surface area contributed by atoms with E-state index in [1.54, 1.807) is 12.1 Å². The molecule has 1 aliphatic heterocycles. The summed E-state index contributed by atoms with van der Waals surface area (Å²) in [5.41, 5.74) is 1.67. The molecule has 1 aromatic carbocycles. The molecule has 0 aromatic heterocycles. The van der Waals surface area contributed by atoms with Crippen molar-refractivity contribution in [2.75, 3.05) is 12.0 Å². The van der Waals surface area contributed by atoms with Gasteiger partial charge in [0.15, 0.2) is 9.84 Å². The maximum absolute atomic E-state index is 11.8. The van der Waals surface area contributed by atoms with Gasteiger partial charge in [-0.15, -0.1) is 11.8 Å². The van der Waals surface area contributed by atoms with E-state index in [0.717, 1.165) is 17.5 Å². The van der Waals surface area contributed by atoms with Crippen molar-refractivity contribution in [2.45, 2.75) is 17.7 Å². The second kappa shape index (κ2) is 4.22. The maximum atomic E-state index is 11.8. The van der Waals surface area contributed by atoms with Gasteiger partial charge in [0.25, 0.3) is 0 Å². The fraction of sp³-hybridized carbons (Fsp3) is 0.364. The van der Waals surface area contributed by atoms with E-state index in [-0.39, 0.29) is 5.75 Å². The molecule has 2 rings (SSSR count). The molecule has 0 unspecified atom stereocenters. The summed E-state index contributed by atoms with van der Waals surface area (Å²) in [7, 11) is -3.07. The molecular weight excluding hydrogens is 242 g/mol. The molecule has 0 saturated heterocycles. The summed E-state index contributed by atoms with van der Waals surface area (Å²) < 4.78 is 23.5. The zero-order valence-corrected chi connectivity index (χ0v) is 10.6. The van der Waals surface area contributed by atoms with Crippen molar-refractivity contribution in [3.05, 3.63) is 29.3 Å². The predicted molar refractivity (Wildman–Crippen MR) is 67.2 cm³/mol. The highest BCUT2D eigenvalue weighted by atomic mass is 32.2. The van der Waals surface area contributed by atoms with Crippen LogP contribution in [-0.4, -0.2) is 25.5 Å². The molecular formula is C11H13NO2S2. The van der Waals surface area contributed by atoms with E-state index < -0.39 is 9.84 Å². The van der Waals surface area contributed by atoms with Crippen LogP contribution in [0.2, 0.25) is 0 Å². The van der Waals surface area contributed by atoms with Crippen LogP contribution in [0.4, 0.5) is 0 Å². The Morgan fingerprint density at radius 1 is 1.44 bits per heavy atom. The second-order valence-electron chi connectivity index (χ2n) is 3.78. The van der Waals surface area contributed by atoms with E-state index in [1.807, 2.05) is 12.3 Å². The molecule has 1 aromatic rings. The molecule has 0 atom stereocenters. The zero-order valence-electron chi connectivity index (χ0n) is 8.99. The lowest BCUT2D eigenvalue weighted by molar-refractivity contribution is 0.586. The Morgan fingerprint density at radius 2 is 2.19 bits per heavy atom. The van der Waals surface area contributed by atoms with Gasteiger partial charge in [-0.3, -0.25) is 5.41 Å². The summed E-state index contributed by atoms with van der Waals surface area (Å²) in [5, 5.41) is 8.19. The molecule has 3 nitrogen and oxygen atoms in total. The van der Waals surface area contributed by atoms with Crippen LogP contribution in [0.5, 0.6) is 0 Å². The van der Waals surface area contributed by atoms with Gasteiger partial charge in [0, 0.05) is 5.56 Å². The molecule has 0 amide bonds. The Hall–Kier alpha value is -0.810. The Morgan fingerprint density at radius 3 is 2.88 bits per heavy atom. The highest BCUT2D eigenvalue weighted by molar-refractivity contribution is 8.13. The molecule has 86 valence electrons. The summed E-state index contributed by atoms with van der Waals surface area (Å²) in [5.74, 6) is 0.249. The van der Waals surface area contributed by atoms with Gasteiger partial charge < -0.3 is 0 Å². The summed E-state index contributed by atoms with van der Waals surface area (Å²) in [6.45, 7) is 0. The molecule has 16 heavy (non-hydrogen) atoms. The average molecular weight is 255 g/mol. The topological polar surface area (TPSA) is 58.0 Å². The summed E-state index contributed by atoms with van der Waals surface area (Å²) in [4.78, 5) is 0.455. The van der Waals surface area contributed by atoms with Gasteiger partial charge in [-0.25, -0.2) is 8.42 Å². The van der Waals surface area contributed by atoms with Crippen molar-refractivity contribution in [1.29, 1.82) is 5.41 Å². The quantitative estimate of drug-likeness (QED) is 0.617. The van der Waals surface area contributed by atoms with E-state index in [0.29, 0.717) is 16.4 Å². The lowest BCUT2D eigenvalue weighted by Gasteiger charge is -2.16. The second-order valence-corrected chi connectivity index (χ2v) is 6.67. The molecule has 0 bridgehead atoms. The lowest BCUT2D eigenvalue weighted by atomic mass is 10.1. The molecule has 5 heteroatoms. The van der Waals surface area contributed by atoms with Crippen molar-refractivity contribution in [1.82, 2.24) is 0 Å². The number of hydrogen-bond acceptors (Lipinski definition) is 4. The molecule has 0 radical (unpaired) electrons. The average Bonchev–Trinajstić information content (AvgIpc) is 2.27. The van der Waals surface area contributed by atoms with Crippen molar-refractivity contribution in [2.24, 2.45) is 0 Å². The van der Waals surface area contributed by atoms with Crippen LogP contribution in [0.3, 0.4) is 0 Å². The van der Waals surface area contributed by atoms with Crippen LogP contribution >= 0.6 is 11.8 Å². The maximum Gasteiger partial charge on any atom is 0.178 e. The van der Waals surface area contributed by atoms with Crippen LogP contribution < -0.4 is 0 Å². The van der Waals surface area contributed by atoms with Gasteiger partial charge in [0.2, 0.25) is 0 Å². The molecule has 0 spiro atoms. The first kappa shape index (κ1) is 11.7. The van der Waals surface area contributed by atoms with E-state index in [9.17, 15) is 8.42 Å². The standard InChI is InChI=1S/C11H13NO2S2/c1-15-11(12)9-4-5-10-8(7-9)3-2-6-16(10,13)14/h4-5,7,12H,2-3,6H2,1H3. The normalized spacial score (nSPS) is 17.8. The summed E-state index contributed by atoms with van der Waals surface area (Å²) in [6.07, 6.45) is 3.33. The Kier molecular flexibility index (Phi) is 3.08. The third kappa shape index (κ3) is 2.01. The van der Waals surface area contributed by atoms with E-state index in [2.05, 4.69) is 0 Å². The number of benzene rings is 1. The van der Waals surface area contributed by atoms with Gasteiger partial charge >= 0.3 is 0 Å². The minimum Gasteiger partial charge on any atom is -0.293 e. The molecule has 0 saturated carbocycles. The summed E-state index contributed by atoms with van der Waals surface area (Å²) in [6, 6.07) is 5.20. The minimum absolute atomic E-state index is 0.249. The van der Waals surface area contributed by atoms with Gasteiger partial charge in [-0.05, 0) is 36.8 Å². The first-order valence-electron chi connectivity index (χ1n) is 5.03. The predicted octanol–water partition coefficient (Wildman–Crippen LogP) is 2.09.